The van der Waals surface area contributed by atoms with Crippen molar-refractivity contribution >= 4 is 23.4 Å². The average molecular weight is 388 g/mol. The molecule has 2 heterocycles. The maximum absolute atomic E-state index is 12.8. The summed E-state index contributed by atoms with van der Waals surface area (Å²) < 4.78 is 5.30. The van der Waals surface area contributed by atoms with Crippen molar-refractivity contribution in [3.8, 4) is 0 Å². The molecule has 28 heavy (non-hydrogen) atoms. The molecule has 0 bridgehead atoms. The lowest BCUT2D eigenvalue weighted by molar-refractivity contribution is -0.140. The van der Waals surface area contributed by atoms with Crippen molar-refractivity contribution in [2.24, 2.45) is 0 Å². The van der Waals surface area contributed by atoms with Crippen LogP contribution in [0.1, 0.15) is 31.9 Å². The molecule has 152 valence electrons. The lowest BCUT2D eigenvalue weighted by Gasteiger charge is -2.26. The van der Waals surface area contributed by atoms with Crippen LogP contribution in [0.25, 0.3) is 0 Å². The number of nitrogens with one attached hydrogen (secondary N) is 2. The van der Waals surface area contributed by atoms with E-state index in [-0.39, 0.29) is 11.9 Å². The van der Waals surface area contributed by atoms with Crippen molar-refractivity contribution in [1.82, 2.24) is 15.5 Å². The summed E-state index contributed by atoms with van der Waals surface area (Å²) in [5, 5.41) is 5.23. The second-order valence-corrected chi connectivity index (χ2v) is 7.33. The Morgan fingerprint density at radius 2 is 1.89 bits per heavy atom. The number of carbonyl (C=O) groups excluding carboxylic acids is 3. The number of amides is 3. The van der Waals surface area contributed by atoms with Crippen LogP contribution in [0, 0.1) is 0 Å². The lowest BCUT2D eigenvalue weighted by atomic mass is 10.1. The molecule has 2 aliphatic heterocycles. The van der Waals surface area contributed by atoms with Gasteiger partial charge in [-0.3, -0.25) is 19.3 Å². The van der Waals surface area contributed by atoms with Crippen LogP contribution < -0.4 is 15.5 Å². The number of anilines is 1. The van der Waals surface area contributed by atoms with E-state index in [0.717, 1.165) is 50.5 Å². The standard InChI is InChI=1S/C20H28N4O4/c1-14(2)24-16-7-4-3-6-15(16)17(20(24)27)22-19(26)18(25)21-8-5-9-23-10-12-28-13-11-23/h3-4,6-7,14,17H,5,8-13H2,1-2H3,(H,21,25)(H,22,26)/t17-/m1/s1. The first-order valence-corrected chi connectivity index (χ1v) is 9.80. The van der Waals surface area contributed by atoms with E-state index in [4.69, 9.17) is 4.74 Å². The molecular weight excluding hydrogens is 360 g/mol. The smallest absolute Gasteiger partial charge is 0.310 e. The van der Waals surface area contributed by atoms with Crippen molar-refractivity contribution in [2.45, 2.75) is 32.4 Å². The van der Waals surface area contributed by atoms with Gasteiger partial charge in [-0.25, -0.2) is 0 Å². The summed E-state index contributed by atoms with van der Waals surface area (Å²) in [5.74, 6) is -1.72. The van der Waals surface area contributed by atoms with Crippen molar-refractivity contribution in [1.29, 1.82) is 0 Å². The van der Waals surface area contributed by atoms with Crippen molar-refractivity contribution < 1.29 is 19.1 Å². The molecule has 1 fully saturated rings. The molecule has 0 saturated carbocycles. The van der Waals surface area contributed by atoms with Gasteiger partial charge < -0.3 is 20.3 Å². The summed E-state index contributed by atoms with van der Waals surface area (Å²) in [4.78, 5) is 41.1. The van der Waals surface area contributed by atoms with Crippen LogP contribution in [0.2, 0.25) is 0 Å². The molecule has 1 aromatic carbocycles. The van der Waals surface area contributed by atoms with E-state index in [0.29, 0.717) is 6.54 Å². The normalized spacial score (nSPS) is 19.6. The van der Waals surface area contributed by atoms with E-state index in [1.54, 1.807) is 11.0 Å². The molecule has 0 aromatic heterocycles. The summed E-state index contributed by atoms with van der Waals surface area (Å²) in [5.41, 5.74) is 1.49. The number of fused-ring (bicyclic) bond motifs is 1. The van der Waals surface area contributed by atoms with Gasteiger partial charge in [-0.15, -0.1) is 0 Å². The lowest BCUT2D eigenvalue weighted by Crippen LogP contribution is -2.46. The highest BCUT2D eigenvalue weighted by Gasteiger charge is 2.39. The van der Waals surface area contributed by atoms with E-state index in [1.165, 1.54) is 0 Å². The first-order valence-electron chi connectivity index (χ1n) is 9.80. The van der Waals surface area contributed by atoms with Crippen LogP contribution in [-0.2, 0) is 19.1 Å². The Morgan fingerprint density at radius 3 is 2.61 bits per heavy atom. The molecule has 3 rings (SSSR count). The fraction of sp³-hybridized carbons (Fsp3) is 0.550. The van der Waals surface area contributed by atoms with Crippen molar-refractivity contribution in [2.75, 3.05) is 44.3 Å². The largest absolute Gasteiger partial charge is 0.379 e. The average Bonchev–Trinajstić information content (AvgIpc) is 2.97. The molecule has 1 saturated heterocycles. The molecule has 2 aliphatic rings. The number of carbonyl (C=O) groups is 3. The highest BCUT2D eigenvalue weighted by Crippen LogP contribution is 2.36. The number of hydrogen-bond acceptors (Lipinski definition) is 5. The Morgan fingerprint density at radius 1 is 1.18 bits per heavy atom. The summed E-state index contributed by atoms with van der Waals surface area (Å²) in [7, 11) is 0. The Labute approximate surface area is 165 Å². The summed E-state index contributed by atoms with van der Waals surface area (Å²) in [6.45, 7) is 8.35. The van der Waals surface area contributed by atoms with Crippen molar-refractivity contribution in [3.05, 3.63) is 29.8 Å². The van der Waals surface area contributed by atoms with Gasteiger partial charge in [0.2, 0.25) is 0 Å². The maximum atomic E-state index is 12.8. The zero-order chi connectivity index (χ0) is 20.1. The van der Waals surface area contributed by atoms with E-state index >= 15 is 0 Å². The second kappa shape index (κ2) is 9.16. The van der Waals surface area contributed by atoms with Crippen LogP contribution in [-0.4, -0.2) is 68.1 Å². The molecule has 0 spiro atoms. The van der Waals surface area contributed by atoms with Crippen LogP contribution in [0.4, 0.5) is 5.69 Å². The number of hydrogen-bond donors (Lipinski definition) is 2. The van der Waals surface area contributed by atoms with Gasteiger partial charge in [-0.1, -0.05) is 18.2 Å². The van der Waals surface area contributed by atoms with Gasteiger partial charge in [-0.05, 0) is 32.9 Å². The Hall–Kier alpha value is -2.45. The number of nitrogens with zero attached hydrogens (tertiary/aromatic N) is 2. The number of para-hydroxylation sites is 1. The highest BCUT2D eigenvalue weighted by atomic mass is 16.5. The molecule has 0 aliphatic carbocycles. The molecule has 0 radical (unpaired) electrons. The summed E-state index contributed by atoms with van der Waals surface area (Å²) >= 11 is 0. The second-order valence-electron chi connectivity index (χ2n) is 7.33. The molecule has 0 unspecified atom stereocenters. The molecular formula is C20H28N4O4. The minimum absolute atomic E-state index is 0.0374. The maximum Gasteiger partial charge on any atom is 0.310 e. The van der Waals surface area contributed by atoms with E-state index in [1.807, 2.05) is 32.0 Å². The fourth-order valence-electron chi connectivity index (χ4n) is 3.62. The van der Waals surface area contributed by atoms with Crippen molar-refractivity contribution in [3.63, 3.8) is 0 Å². The monoisotopic (exact) mass is 388 g/mol. The van der Waals surface area contributed by atoms with Crippen LogP contribution >= 0.6 is 0 Å². The first-order chi connectivity index (χ1) is 13.5. The Kier molecular flexibility index (Phi) is 6.64. The fourth-order valence-corrected chi connectivity index (χ4v) is 3.62. The number of morpholine rings is 1. The van der Waals surface area contributed by atoms with Crippen LogP contribution in [0.3, 0.4) is 0 Å². The third-order valence-electron chi connectivity index (χ3n) is 5.03. The van der Waals surface area contributed by atoms with E-state index < -0.39 is 17.9 Å². The number of rotatable bonds is 6. The number of benzene rings is 1. The van der Waals surface area contributed by atoms with Gasteiger partial charge >= 0.3 is 11.8 Å². The molecule has 3 amide bonds. The first kappa shape index (κ1) is 20.3. The molecule has 8 nitrogen and oxygen atoms in total. The van der Waals surface area contributed by atoms with Gasteiger partial charge in [-0.2, -0.15) is 0 Å². The third kappa shape index (κ3) is 4.51. The summed E-state index contributed by atoms with van der Waals surface area (Å²) in [6, 6.07) is 6.47. The predicted molar refractivity (Wildman–Crippen MR) is 105 cm³/mol. The van der Waals surface area contributed by atoms with Gasteiger partial charge in [0, 0.05) is 36.9 Å². The number of ether oxygens (including phenoxy) is 1. The van der Waals surface area contributed by atoms with E-state index in [2.05, 4.69) is 15.5 Å². The minimum Gasteiger partial charge on any atom is -0.379 e. The van der Waals surface area contributed by atoms with Gasteiger partial charge in [0.15, 0.2) is 0 Å². The predicted octanol–water partition coefficient (Wildman–Crippen LogP) is 0.437. The van der Waals surface area contributed by atoms with Gasteiger partial charge in [0.25, 0.3) is 5.91 Å². The zero-order valence-electron chi connectivity index (χ0n) is 16.4. The minimum atomic E-state index is -0.829. The molecule has 8 heteroatoms. The summed E-state index contributed by atoms with van der Waals surface area (Å²) in [6.07, 6.45) is 0.755. The van der Waals surface area contributed by atoms with Gasteiger partial charge in [0.1, 0.15) is 6.04 Å². The highest BCUT2D eigenvalue weighted by molar-refractivity contribution is 6.35. The topological polar surface area (TPSA) is 91.0 Å². The van der Waals surface area contributed by atoms with Gasteiger partial charge in [0.05, 0.1) is 13.2 Å². The van der Waals surface area contributed by atoms with Crippen LogP contribution in [0.15, 0.2) is 24.3 Å². The molecule has 2 N–H and O–H groups in total. The Bertz CT molecular complexity index is 731. The Balaban J connectivity index is 1.51. The molecule has 1 aromatic rings. The molecule has 1 atom stereocenters. The zero-order valence-corrected chi connectivity index (χ0v) is 16.4. The van der Waals surface area contributed by atoms with Crippen LogP contribution in [0.5, 0.6) is 0 Å². The SMILES string of the molecule is CC(C)N1C(=O)[C@H](NC(=O)C(=O)NCCCN2CCOCC2)c2ccccc21. The quantitative estimate of drug-likeness (QED) is 0.545. The van der Waals surface area contributed by atoms with E-state index in [9.17, 15) is 14.4 Å². The third-order valence-corrected chi connectivity index (χ3v) is 5.03.